The molecule has 0 aliphatic carbocycles. The summed E-state index contributed by atoms with van der Waals surface area (Å²) < 4.78 is 6.08. The molecule has 1 aliphatic heterocycles. The number of rotatable bonds is 5. The topological polar surface area (TPSA) is 87.7 Å². The number of aromatic hydroxyl groups is 1. The largest absolute Gasteiger partial charge is 0.506 e. The minimum atomic E-state index is -0.660. The number of urea groups is 1. The van der Waals surface area contributed by atoms with Crippen molar-refractivity contribution in [3.8, 4) is 5.75 Å². The smallest absolute Gasteiger partial charge is 0.338 e. The molecule has 0 saturated carbocycles. The molecule has 24 heavy (non-hydrogen) atoms. The van der Waals surface area contributed by atoms with Crippen LogP contribution >= 0.6 is 31.9 Å². The number of carbonyl (C=O) groups excluding carboxylic acids is 2. The first-order chi connectivity index (χ1) is 11.4. The number of nitrogens with one attached hydrogen (secondary N) is 2. The molecule has 1 atom stereocenters. The van der Waals surface area contributed by atoms with Crippen molar-refractivity contribution in [3.63, 3.8) is 0 Å². The zero-order valence-corrected chi connectivity index (χ0v) is 16.5. The fourth-order valence-electron chi connectivity index (χ4n) is 2.52. The van der Waals surface area contributed by atoms with Crippen LogP contribution in [0.1, 0.15) is 38.3 Å². The summed E-state index contributed by atoms with van der Waals surface area (Å²) in [5.41, 5.74) is 1.59. The molecule has 1 aromatic rings. The summed E-state index contributed by atoms with van der Waals surface area (Å²) in [7, 11) is 0. The van der Waals surface area contributed by atoms with E-state index in [1.807, 2.05) is 6.92 Å². The van der Waals surface area contributed by atoms with E-state index in [0.717, 1.165) is 6.42 Å². The van der Waals surface area contributed by atoms with Crippen LogP contribution in [-0.4, -0.2) is 23.7 Å². The van der Waals surface area contributed by atoms with Crippen LogP contribution < -0.4 is 10.6 Å². The molecule has 3 N–H and O–H groups in total. The normalized spacial score (nSPS) is 17.3. The van der Waals surface area contributed by atoms with Gasteiger partial charge in [-0.25, -0.2) is 9.59 Å². The maximum atomic E-state index is 12.5. The van der Waals surface area contributed by atoms with Gasteiger partial charge in [0.1, 0.15) is 5.75 Å². The second kappa shape index (κ2) is 8.02. The lowest BCUT2D eigenvalue weighted by Crippen LogP contribution is -2.46. The highest BCUT2D eigenvalue weighted by atomic mass is 79.9. The van der Waals surface area contributed by atoms with Crippen molar-refractivity contribution in [2.75, 3.05) is 6.61 Å². The molecule has 2 rings (SSSR count). The Labute approximate surface area is 156 Å². The maximum absolute atomic E-state index is 12.5. The number of esters is 1. The summed E-state index contributed by atoms with van der Waals surface area (Å²) in [5, 5.41) is 15.3. The lowest BCUT2D eigenvalue weighted by atomic mass is 9.94. The Hall–Kier alpha value is -1.54. The summed E-state index contributed by atoms with van der Waals surface area (Å²) in [5.74, 6) is -0.423. The van der Waals surface area contributed by atoms with Crippen LogP contribution in [-0.2, 0) is 9.53 Å². The number of hydrogen-bond acceptors (Lipinski definition) is 4. The predicted molar refractivity (Wildman–Crippen MR) is 96.5 cm³/mol. The highest BCUT2D eigenvalue weighted by Crippen LogP contribution is 2.38. The highest BCUT2D eigenvalue weighted by Gasteiger charge is 2.33. The van der Waals surface area contributed by atoms with E-state index in [1.165, 1.54) is 0 Å². The number of hydrogen-bond donors (Lipinski definition) is 3. The van der Waals surface area contributed by atoms with Gasteiger partial charge in [-0.3, -0.25) is 0 Å². The van der Waals surface area contributed by atoms with E-state index in [1.54, 1.807) is 19.1 Å². The van der Waals surface area contributed by atoms with E-state index in [-0.39, 0.29) is 18.4 Å². The van der Waals surface area contributed by atoms with Crippen molar-refractivity contribution in [3.05, 3.63) is 37.9 Å². The Morgan fingerprint density at radius 2 is 1.92 bits per heavy atom. The summed E-state index contributed by atoms with van der Waals surface area (Å²) in [4.78, 5) is 24.5. The van der Waals surface area contributed by atoms with Crippen molar-refractivity contribution in [2.45, 2.75) is 32.7 Å². The van der Waals surface area contributed by atoms with Crippen LogP contribution in [0.2, 0.25) is 0 Å². The zero-order chi connectivity index (χ0) is 17.9. The molecule has 0 saturated heterocycles. The van der Waals surface area contributed by atoms with Crippen LogP contribution in [0.15, 0.2) is 32.3 Å². The summed E-state index contributed by atoms with van der Waals surface area (Å²) in [6.45, 7) is 3.94. The Kier molecular flexibility index (Phi) is 6.28. The molecule has 0 spiro atoms. The average molecular weight is 462 g/mol. The van der Waals surface area contributed by atoms with Gasteiger partial charge in [-0.15, -0.1) is 0 Å². The Morgan fingerprint density at radius 1 is 1.29 bits per heavy atom. The van der Waals surface area contributed by atoms with Gasteiger partial charge < -0.3 is 20.5 Å². The zero-order valence-electron chi connectivity index (χ0n) is 13.3. The first-order valence-electron chi connectivity index (χ1n) is 7.54. The molecule has 8 heteroatoms. The molecule has 2 amide bonds. The first-order valence-corrected chi connectivity index (χ1v) is 9.13. The Morgan fingerprint density at radius 3 is 2.46 bits per heavy atom. The third-order valence-electron chi connectivity index (χ3n) is 3.52. The van der Waals surface area contributed by atoms with Gasteiger partial charge in [0.05, 0.1) is 27.2 Å². The monoisotopic (exact) mass is 460 g/mol. The SMILES string of the molecule is CCCC1=C(C(=O)OCC)C(c2cc(Br)c(O)c(Br)c2)NC(=O)N1. The fraction of sp³-hybridized carbons (Fsp3) is 0.375. The van der Waals surface area contributed by atoms with Crippen molar-refractivity contribution >= 4 is 43.9 Å². The second-order valence-electron chi connectivity index (χ2n) is 5.23. The van der Waals surface area contributed by atoms with Crippen molar-refractivity contribution in [2.24, 2.45) is 0 Å². The van der Waals surface area contributed by atoms with E-state index >= 15 is 0 Å². The molecule has 0 bridgehead atoms. The number of ether oxygens (including phenoxy) is 1. The summed E-state index contributed by atoms with van der Waals surface area (Å²) in [6.07, 6.45) is 1.33. The highest BCUT2D eigenvalue weighted by molar-refractivity contribution is 9.11. The Bertz CT molecular complexity index is 680. The van der Waals surface area contributed by atoms with E-state index < -0.39 is 12.0 Å². The Balaban J connectivity index is 2.57. The van der Waals surface area contributed by atoms with Gasteiger partial charge in [-0.1, -0.05) is 13.3 Å². The quantitative estimate of drug-likeness (QED) is 0.580. The molecular formula is C16H18Br2N2O4. The van der Waals surface area contributed by atoms with Gasteiger partial charge in [0.15, 0.2) is 0 Å². The van der Waals surface area contributed by atoms with Gasteiger partial charge in [0, 0.05) is 5.70 Å². The minimum absolute atomic E-state index is 0.0504. The predicted octanol–water partition coefficient (Wildman–Crippen LogP) is 3.89. The van der Waals surface area contributed by atoms with Crippen LogP contribution in [0.5, 0.6) is 5.75 Å². The van der Waals surface area contributed by atoms with E-state index in [0.29, 0.717) is 32.2 Å². The first kappa shape index (κ1) is 18.8. The van der Waals surface area contributed by atoms with Crippen molar-refractivity contribution in [1.82, 2.24) is 10.6 Å². The number of halogens is 2. The summed E-state index contributed by atoms with van der Waals surface area (Å²) >= 11 is 6.54. The lowest BCUT2D eigenvalue weighted by molar-refractivity contribution is -0.139. The van der Waals surface area contributed by atoms with Crippen LogP contribution in [0.4, 0.5) is 4.79 Å². The van der Waals surface area contributed by atoms with Crippen LogP contribution in [0, 0.1) is 0 Å². The van der Waals surface area contributed by atoms with Crippen molar-refractivity contribution in [1.29, 1.82) is 0 Å². The van der Waals surface area contributed by atoms with Gasteiger partial charge in [0.25, 0.3) is 0 Å². The molecule has 1 unspecified atom stereocenters. The maximum Gasteiger partial charge on any atom is 0.338 e. The standard InChI is InChI=1S/C16H18Br2N2O4/c1-3-5-11-12(15(22)24-4-2)13(20-16(23)19-11)8-6-9(17)14(21)10(18)7-8/h6-7,13,21H,3-5H2,1-2H3,(H2,19,20,23). The van der Waals surface area contributed by atoms with Crippen LogP contribution in [0.3, 0.4) is 0 Å². The molecular weight excluding hydrogens is 444 g/mol. The third-order valence-corrected chi connectivity index (χ3v) is 4.73. The number of phenolic OH excluding ortho intramolecular Hbond substituents is 1. The number of allylic oxidation sites excluding steroid dienone is 1. The lowest BCUT2D eigenvalue weighted by Gasteiger charge is -2.29. The third kappa shape index (κ3) is 3.92. The summed E-state index contributed by atoms with van der Waals surface area (Å²) in [6, 6.07) is 2.29. The van der Waals surface area contributed by atoms with Gasteiger partial charge in [-0.2, -0.15) is 0 Å². The molecule has 1 aromatic carbocycles. The molecule has 1 heterocycles. The fourth-order valence-corrected chi connectivity index (χ4v) is 3.74. The molecule has 0 aromatic heterocycles. The number of carbonyl (C=O) groups is 2. The van der Waals surface area contributed by atoms with Crippen molar-refractivity contribution < 1.29 is 19.4 Å². The van der Waals surface area contributed by atoms with E-state index in [2.05, 4.69) is 42.5 Å². The number of benzene rings is 1. The van der Waals surface area contributed by atoms with E-state index in [4.69, 9.17) is 4.74 Å². The minimum Gasteiger partial charge on any atom is -0.506 e. The van der Waals surface area contributed by atoms with Gasteiger partial charge >= 0.3 is 12.0 Å². The average Bonchev–Trinajstić information content (AvgIpc) is 2.52. The van der Waals surface area contributed by atoms with Gasteiger partial charge in [0.2, 0.25) is 0 Å². The van der Waals surface area contributed by atoms with Gasteiger partial charge in [-0.05, 0) is 62.9 Å². The molecule has 6 nitrogen and oxygen atoms in total. The van der Waals surface area contributed by atoms with E-state index in [9.17, 15) is 14.7 Å². The number of amides is 2. The van der Waals surface area contributed by atoms with Crippen LogP contribution in [0.25, 0.3) is 0 Å². The second-order valence-corrected chi connectivity index (χ2v) is 6.94. The molecule has 130 valence electrons. The molecule has 0 fully saturated rings. The number of phenols is 1. The molecule has 1 aliphatic rings. The molecule has 0 radical (unpaired) electrons.